The third kappa shape index (κ3) is 5.76. The second-order valence-electron chi connectivity index (χ2n) is 4.54. The van der Waals surface area contributed by atoms with Gasteiger partial charge in [0.1, 0.15) is 5.75 Å². The highest BCUT2D eigenvalue weighted by Crippen LogP contribution is 2.23. The molecule has 0 amide bonds. The molecule has 1 aliphatic rings. The largest absolute Gasteiger partial charge is 0.573 e. The van der Waals surface area contributed by atoms with Gasteiger partial charge in [-0.2, -0.15) is 0 Å². The fourth-order valence-electron chi connectivity index (χ4n) is 1.93. The lowest BCUT2D eigenvalue weighted by molar-refractivity contribution is -0.274. The van der Waals surface area contributed by atoms with E-state index in [2.05, 4.69) is 15.4 Å². The Kier molecular flexibility index (Phi) is 5.24. The zero-order valence-electron chi connectivity index (χ0n) is 11.1. The van der Waals surface area contributed by atoms with Crippen LogP contribution in [0.4, 0.5) is 18.9 Å². The molecule has 2 rings (SSSR count). The summed E-state index contributed by atoms with van der Waals surface area (Å²) in [7, 11) is 0. The van der Waals surface area contributed by atoms with E-state index in [4.69, 9.17) is 17.0 Å². The molecule has 0 spiro atoms. The minimum Gasteiger partial charge on any atom is -0.406 e. The minimum atomic E-state index is -4.69. The Balaban J connectivity index is 1.78. The Labute approximate surface area is 125 Å². The molecule has 4 nitrogen and oxygen atoms in total. The first kappa shape index (κ1) is 15.8. The van der Waals surface area contributed by atoms with Crippen molar-refractivity contribution in [3.05, 3.63) is 24.3 Å². The van der Waals surface area contributed by atoms with E-state index in [1.807, 2.05) is 0 Å². The molecule has 0 aliphatic carbocycles. The van der Waals surface area contributed by atoms with Crippen molar-refractivity contribution < 1.29 is 22.6 Å². The van der Waals surface area contributed by atoms with Crippen LogP contribution in [0.2, 0.25) is 0 Å². The average molecular weight is 320 g/mol. The highest BCUT2D eigenvalue weighted by molar-refractivity contribution is 7.80. The topological polar surface area (TPSA) is 42.5 Å². The van der Waals surface area contributed by atoms with Crippen LogP contribution in [0.5, 0.6) is 5.75 Å². The fourth-order valence-corrected chi connectivity index (χ4v) is 2.13. The number of thiocarbonyl (C=S) groups is 1. The molecule has 0 aromatic heterocycles. The summed E-state index contributed by atoms with van der Waals surface area (Å²) in [5.41, 5.74) is 0.578. The van der Waals surface area contributed by atoms with E-state index in [0.29, 0.717) is 17.3 Å². The van der Waals surface area contributed by atoms with Crippen LogP contribution in [0.3, 0.4) is 0 Å². The van der Waals surface area contributed by atoms with E-state index in [1.54, 1.807) is 0 Å². The van der Waals surface area contributed by atoms with Crippen LogP contribution in [0, 0.1) is 0 Å². The summed E-state index contributed by atoms with van der Waals surface area (Å²) in [6.07, 6.45) is -2.48. The molecule has 0 bridgehead atoms. The van der Waals surface area contributed by atoms with E-state index in [0.717, 1.165) is 19.4 Å². The van der Waals surface area contributed by atoms with Crippen molar-refractivity contribution in [1.29, 1.82) is 0 Å². The number of ether oxygens (including phenoxy) is 2. The van der Waals surface area contributed by atoms with E-state index in [9.17, 15) is 13.2 Å². The van der Waals surface area contributed by atoms with Crippen molar-refractivity contribution in [2.24, 2.45) is 0 Å². The van der Waals surface area contributed by atoms with Crippen LogP contribution < -0.4 is 15.4 Å². The molecule has 2 N–H and O–H groups in total. The molecule has 1 aromatic rings. The number of alkyl halides is 3. The maximum Gasteiger partial charge on any atom is 0.573 e. The summed E-state index contributed by atoms with van der Waals surface area (Å²) in [6, 6.07) is 5.36. The Morgan fingerprint density at radius 2 is 2.05 bits per heavy atom. The van der Waals surface area contributed by atoms with E-state index >= 15 is 0 Å². The van der Waals surface area contributed by atoms with Gasteiger partial charge in [-0.25, -0.2) is 0 Å². The number of hydrogen-bond acceptors (Lipinski definition) is 3. The summed E-state index contributed by atoms with van der Waals surface area (Å²) < 4.78 is 45.3. The molecule has 0 saturated carbocycles. The predicted molar refractivity (Wildman–Crippen MR) is 76.3 cm³/mol. The zero-order chi connectivity index (χ0) is 15.3. The Bertz CT molecular complexity index is 473. The maximum atomic E-state index is 12.0. The quantitative estimate of drug-likeness (QED) is 0.835. The lowest BCUT2D eigenvalue weighted by Gasteiger charge is -2.14. The molecule has 1 saturated heterocycles. The molecule has 1 heterocycles. The molecule has 0 radical (unpaired) electrons. The van der Waals surface area contributed by atoms with E-state index in [-0.39, 0.29) is 11.9 Å². The first-order valence-electron chi connectivity index (χ1n) is 6.45. The molecule has 1 aromatic carbocycles. The smallest absolute Gasteiger partial charge is 0.406 e. The summed E-state index contributed by atoms with van der Waals surface area (Å²) in [5.74, 6) is -0.272. The van der Waals surface area contributed by atoms with Crippen molar-refractivity contribution >= 4 is 23.0 Å². The fraction of sp³-hybridized carbons (Fsp3) is 0.462. The second-order valence-corrected chi connectivity index (χ2v) is 4.95. The van der Waals surface area contributed by atoms with Crippen molar-refractivity contribution in [3.63, 3.8) is 0 Å². The van der Waals surface area contributed by atoms with Gasteiger partial charge in [-0.15, -0.1) is 13.2 Å². The van der Waals surface area contributed by atoms with Crippen LogP contribution in [0.1, 0.15) is 12.8 Å². The third-order valence-corrected chi connectivity index (χ3v) is 3.11. The minimum absolute atomic E-state index is 0.160. The van der Waals surface area contributed by atoms with Gasteiger partial charge in [-0.3, -0.25) is 0 Å². The Morgan fingerprint density at radius 1 is 1.33 bits per heavy atom. The first-order chi connectivity index (χ1) is 9.92. The summed E-state index contributed by atoms with van der Waals surface area (Å²) >= 11 is 5.10. The second kappa shape index (κ2) is 6.95. The van der Waals surface area contributed by atoms with Gasteiger partial charge in [0.15, 0.2) is 5.11 Å². The van der Waals surface area contributed by atoms with Crippen LogP contribution in [-0.2, 0) is 4.74 Å². The Hall–Kier alpha value is -1.54. The van der Waals surface area contributed by atoms with Gasteiger partial charge in [0.05, 0.1) is 6.10 Å². The van der Waals surface area contributed by atoms with Gasteiger partial charge in [-0.1, -0.05) is 0 Å². The SMILES string of the molecule is FC(F)(F)Oc1ccc(NC(=S)NCC2CCCO2)cc1. The maximum absolute atomic E-state index is 12.0. The predicted octanol–water partition coefficient (Wildman–Crippen LogP) is 3.05. The van der Waals surface area contributed by atoms with Crippen LogP contribution in [-0.4, -0.2) is 30.7 Å². The van der Waals surface area contributed by atoms with Crippen LogP contribution >= 0.6 is 12.2 Å². The third-order valence-electron chi connectivity index (χ3n) is 2.86. The van der Waals surface area contributed by atoms with Gasteiger partial charge in [0.2, 0.25) is 0 Å². The molecule has 1 unspecified atom stereocenters. The number of hydrogen-bond donors (Lipinski definition) is 2. The highest BCUT2D eigenvalue weighted by Gasteiger charge is 2.30. The first-order valence-corrected chi connectivity index (χ1v) is 6.85. The number of halogens is 3. The van der Waals surface area contributed by atoms with Gasteiger partial charge in [0.25, 0.3) is 0 Å². The van der Waals surface area contributed by atoms with Crippen molar-refractivity contribution in [2.75, 3.05) is 18.5 Å². The number of nitrogens with one attached hydrogen (secondary N) is 2. The van der Waals surface area contributed by atoms with E-state index in [1.165, 1.54) is 24.3 Å². The van der Waals surface area contributed by atoms with Gasteiger partial charge in [-0.05, 0) is 49.3 Å². The molecule has 8 heteroatoms. The zero-order valence-corrected chi connectivity index (χ0v) is 11.9. The molecule has 1 aliphatic heterocycles. The van der Waals surface area contributed by atoms with Gasteiger partial charge < -0.3 is 20.1 Å². The summed E-state index contributed by atoms with van der Waals surface area (Å²) in [6.45, 7) is 1.38. The molecule has 1 fully saturated rings. The van der Waals surface area contributed by atoms with Crippen LogP contribution in [0.25, 0.3) is 0 Å². The molecule has 116 valence electrons. The number of benzene rings is 1. The molecular formula is C13H15F3N2O2S. The normalized spacial score (nSPS) is 18.3. The molecule has 1 atom stereocenters. The van der Waals surface area contributed by atoms with E-state index < -0.39 is 6.36 Å². The molecular weight excluding hydrogens is 305 g/mol. The number of rotatable bonds is 4. The van der Waals surface area contributed by atoms with Crippen molar-refractivity contribution in [1.82, 2.24) is 5.32 Å². The van der Waals surface area contributed by atoms with Crippen molar-refractivity contribution in [2.45, 2.75) is 25.3 Å². The lowest BCUT2D eigenvalue weighted by Crippen LogP contribution is -2.34. The van der Waals surface area contributed by atoms with Gasteiger partial charge in [0, 0.05) is 18.8 Å². The number of anilines is 1. The van der Waals surface area contributed by atoms with Gasteiger partial charge >= 0.3 is 6.36 Å². The standard InChI is InChI=1S/C13H15F3N2O2S/c14-13(15,16)20-10-5-3-9(4-6-10)18-12(21)17-8-11-2-1-7-19-11/h3-6,11H,1-2,7-8H2,(H2,17,18,21). The van der Waals surface area contributed by atoms with Crippen LogP contribution in [0.15, 0.2) is 24.3 Å². The Morgan fingerprint density at radius 3 is 2.62 bits per heavy atom. The highest BCUT2D eigenvalue weighted by atomic mass is 32.1. The average Bonchev–Trinajstić information content (AvgIpc) is 2.90. The lowest BCUT2D eigenvalue weighted by atomic mass is 10.2. The summed E-state index contributed by atoms with van der Waals surface area (Å²) in [4.78, 5) is 0. The molecule has 21 heavy (non-hydrogen) atoms. The monoisotopic (exact) mass is 320 g/mol. The van der Waals surface area contributed by atoms with Crippen molar-refractivity contribution in [3.8, 4) is 5.75 Å². The summed E-state index contributed by atoms with van der Waals surface area (Å²) in [5, 5.41) is 6.29.